The molecular weight excluding hydrogens is 216 g/mol. The van der Waals surface area contributed by atoms with Crippen LogP contribution in [0.5, 0.6) is 0 Å². The lowest BCUT2D eigenvalue weighted by Gasteiger charge is -1.99. The molecule has 15 heavy (non-hydrogen) atoms. The van der Waals surface area contributed by atoms with Crippen molar-refractivity contribution in [1.29, 1.82) is 0 Å². The molecule has 0 unspecified atom stereocenters. The summed E-state index contributed by atoms with van der Waals surface area (Å²) in [5, 5.41) is 2.88. The van der Waals surface area contributed by atoms with Gasteiger partial charge in [0.05, 0.1) is 22.6 Å². The molecule has 6 heteroatoms. The van der Waals surface area contributed by atoms with Crippen molar-refractivity contribution in [3.8, 4) is 0 Å². The van der Waals surface area contributed by atoms with E-state index in [1.54, 1.807) is 18.2 Å². The highest BCUT2D eigenvalue weighted by Crippen LogP contribution is 2.24. The Kier molecular flexibility index (Phi) is 2.39. The van der Waals surface area contributed by atoms with Gasteiger partial charge in [-0.05, 0) is 18.2 Å². The predicted molar refractivity (Wildman–Crippen MR) is 60.0 cm³/mol. The maximum atomic E-state index is 10.7. The van der Waals surface area contributed by atoms with Gasteiger partial charge in [-0.15, -0.1) is 0 Å². The van der Waals surface area contributed by atoms with E-state index >= 15 is 0 Å². The van der Waals surface area contributed by atoms with E-state index in [2.05, 4.69) is 15.3 Å². The lowest BCUT2D eigenvalue weighted by Crippen LogP contribution is -2.20. The molecule has 1 aliphatic rings. The summed E-state index contributed by atoms with van der Waals surface area (Å²) in [6.07, 6.45) is 1.35. The summed E-state index contributed by atoms with van der Waals surface area (Å²) < 4.78 is 0. The lowest BCUT2D eigenvalue weighted by molar-refractivity contribution is 0.254. The molecule has 0 spiro atoms. The SMILES string of the molecule is Nc1ccc(N=C2C=NC(=O)N2)cc1Cl. The average molecular weight is 223 g/mol. The molecule has 0 bridgehead atoms. The van der Waals surface area contributed by atoms with Crippen molar-refractivity contribution in [2.24, 2.45) is 9.98 Å². The highest BCUT2D eigenvalue weighted by molar-refractivity contribution is 6.39. The van der Waals surface area contributed by atoms with Crippen LogP contribution in [0.4, 0.5) is 16.2 Å². The van der Waals surface area contributed by atoms with E-state index in [-0.39, 0.29) is 0 Å². The highest BCUT2D eigenvalue weighted by atomic mass is 35.5. The molecule has 0 saturated heterocycles. The molecule has 0 radical (unpaired) electrons. The molecule has 0 saturated carbocycles. The first-order valence-corrected chi connectivity index (χ1v) is 4.52. The van der Waals surface area contributed by atoms with E-state index in [9.17, 15) is 4.79 Å². The minimum Gasteiger partial charge on any atom is -0.398 e. The first-order chi connectivity index (χ1) is 7.15. The number of halogens is 1. The third-order valence-electron chi connectivity index (χ3n) is 1.77. The van der Waals surface area contributed by atoms with Crippen LogP contribution in [0.3, 0.4) is 0 Å². The second-order valence-corrected chi connectivity index (χ2v) is 3.30. The van der Waals surface area contributed by atoms with Crippen LogP contribution in [-0.4, -0.2) is 18.1 Å². The standard InChI is InChI=1S/C9H7ClN4O/c10-6-3-5(1-2-7(6)11)13-8-4-12-9(15)14-8/h1-4H,11H2,(H,13,14,15). The van der Waals surface area contributed by atoms with Crippen molar-refractivity contribution >= 4 is 41.1 Å². The fourth-order valence-corrected chi connectivity index (χ4v) is 1.25. The van der Waals surface area contributed by atoms with E-state index in [0.717, 1.165) is 0 Å². The first-order valence-electron chi connectivity index (χ1n) is 4.14. The van der Waals surface area contributed by atoms with E-state index < -0.39 is 6.03 Å². The first kappa shape index (κ1) is 9.67. The van der Waals surface area contributed by atoms with Gasteiger partial charge in [-0.25, -0.2) is 9.79 Å². The van der Waals surface area contributed by atoms with Crippen LogP contribution < -0.4 is 11.1 Å². The van der Waals surface area contributed by atoms with Crippen LogP contribution >= 0.6 is 11.6 Å². The molecule has 3 N–H and O–H groups in total. The summed E-state index contributed by atoms with van der Waals surface area (Å²) in [5.41, 5.74) is 6.64. The molecule has 2 rings (SSSR count). The Balaban J connectivity index is 2.28. The molecular formula is C9H7ClN4O. The second kappa shape index (κ2) is 3.70. The Bertz CT molecular complexity index is 481. The van der Waals surface area contributed by atoms with Crippen molar-refractivity contribution in [3.63, 3.8) is 0 Å². The van der Waals surface area contributed by atoms with E-state index in [1.807, 2.05) is 0 Å². The third-order valence-corrected chi connectivity index (χ3v) is 2.10. The highest BCUT2D eigenvalue weighted by Gasteiger charge is 2.09. The zero-order chi connectivity index (χ0) is 10.8. The summed E-state index contributed by atoms with van der Waals surface area (Å²) in [4.78, 5) is 18.3. The number of urea groups is 1. The number of carbonyl (C=O) groups is 1. The van der Waals surface area contributed by atoms with Crippen molar-refractivity contribution in [1.82, 2.24) is 5.32 Å². The lowest BCUT2D eigenvalue weighted by atomic mass is 10.3. The Morgan fingerprint density at radius 3 is 2.87 bits per heavy atom. The number of rotatable bonds is 1. The summed E-state index contributed by atoms with van der Waals surface area (Å²) in [5.74, 6) is 0.390. The molecule has 76 valence electrons. The molecule has 1 aliphatic heterocycles. The number of amides is 2. The van der Waals surface area contributed by atoms with E-state index in [4.69, 9.17) is 17.3 Å². The predicted octanol–water partition coefficient (Wildman–Crippen LogP) is 1.75. The number of benzene rings is 1. The molecule has 0 aliphatic carbocycles. The van der Waals surface area contributed by atoms with Gasteiger partial charge in [-0.2, -0.15) is 4.99 Å². The van der Waals surface area contributed by atoms with Crippen molar-refractivity contribution in [2.75, 3.05) is 5.73 Å². The van der Waals surface area contributed by atoms with Crippen molar-refractivity contribution in [3.05, 3.63) is 23.2 Å². The molecule has 5 nitrogen and oxygen atoms in total. The minimum absolute atomic E-state index is 0.390. The zero-order valence-corrected chi connectivity index (χ0v) is 8.32. The monoisotopic (exact) mass is 222 g/mol. The maximum Gasteiger partial charge on any atom is 0.346 e. The van der Waals surface area contributed by atoms with Crippen LogP contribution in [0.25, 0.3) is 0 Å². The van der Waals surface area contributed by atoms with Crippen LogP contribution in [0.2, 0.25) is 5.02 Å². The number of aliphatic imine (C=N–C) groups is 2. The van der Waals surface area contributed by atoms with Gasteiger partial charge >= 0.3 is 6.03 Å². The summed E-state index contributed by atoms with van der Waals surface area (Å²) in [6, 6.07) is 4.54. The molecule has 0 aromatic heterocycles. The fraction of sp³-hybridized carbons (Fsp3) is 0. The minimum atomic E-state index is -0.421. The Morgan fingerprint density at radius 1 is 1.47 bits per heavy atom. The largest absolute Gasteiger partial charge is 0.398 e. The fourth-order valence-electron chi connectivity index (χ4n) is 1.08. The van der Waals surface area contributed by atoms with Crippen LogP contribution in [0, 0.1) is 0 Å². The van der Waals surface area contributed by atoms with Gasteiger partial charge in [0.2, 0.25) is 0 Å². The van der Waals surface area contributed by atoms with E-state index in [1.165, 1.54) is 6.21 Å². The number of hydrogen-bond acceptors (Lipinski definition) is 3. The number of nitrogen functional groups attached to an aromatic ring is 1. The molecule has 0 atom stereocenters. The smallest absolute Gasteiger partial charge is 0.346 e. The van der Waals surface area contributed by atoms with Gasteiger partial charge in [-0.3, -0.25) is 5.32 Å². The average Bonchev–Trinajstić information content (AvgIpc) is 2.58. The van der Waals surface area contributed by atoms with Crippen molar-refractivity contribution in [2.45, 2.75) is 0 Å². The van der Waals surface area contributed by atoms with Crippen LogP contribution in [0.1, 0.15) is 0 Å². The van der Waals surface area contributed by atoms with Gasteiger partial charge in [0.15, 0.2) is 5.84 Å². The molecule has 2 amide bonds. The Hall–Kier alpha value is -1.88. The summed E-state index contributed by atoms with van der Waals surface area (Å²) in [7, 11) is 0. The Labute approximate surface area is 90.7 Å². The third kappa shape index (κ3) is 2.13. The molecule has 1 heterocycles. The molecule has 1 aromatic rings. The quantitative estimate of drug-likeness (QED) is 0.710. The van der Waals surface area contributed by atoms with E-state index in [0.29, 0.717) is 22.2 Å². The van der Waals surface area contributed by atoms with Gasteiger partial charge in [0, 0.05) is 0 Å². The number of anilines is 1. The molecule has 0 fully saturated rings. The van der Waals surface area contributed by atoms with Gasteiger partial charge in [0.1, 0.15) is 0 Å². The number of amidine groups is 1. The van der Waals surface area contributed by atoms with Crippen LogP contribution in [-0.2, 0) is 0 Å². The van der Waals surface area contributed by atoms with Crippen molar-refractivity contribution < 1.29 is 4.79 Å². The maximum absolute atomic E-state index is 10.7. The van der Waals surface area contributed by atoms with Gasteiger partial charge < -0.3 is 5.73 Å². The topological polar surface area (TPSA) is 79.8 Å². The zero-order valence-electron chi connectivity index (χ0n) is 7.57. The number of nitrogens with zero attached hydrogens (tertiary/aromatic N) is 2. The van der Waals surface area contributed by atoms with Gasteiger partial charge in [0.25, 0.3) is 0 Å². The van der Waals surface area contributed by atoms with Crippen LogP contribution in [0.15, 0.2) is 28.2 Å². The number of carbonyl (C=O) groups excluding carboxylic acids is 1. The number of nitrogens with one attached hydrogen (secondary N) is 1. The normalized spacial score (nSPS) is 17.1. The van der Waals surface area contributed by atoms with Gasteiger partial charge in [-0.1, -0.05) is 11.6 Å². The Morgan fingerprint density at radius 2 is 2.27 bits per heavy atom. The summed E-state index contributed by atoms with van der Waals surface area (Å²) in [6.45, 7) is 0. The number of nitrogens with two attached hydrogens (primary N) is 1. The molecule has 1 aromatic carbocycles. The number of hydrogen-bond donors (Lipinski definition) is 2. The second-order valence-electron chi connectivity index (χ2n) is 2.89. The summed E-state index contributed by atoms with van der Waals surface area (Å²) >= 11 is 5.81.